The average Bonchev–Trinajstić information content (AvgIpc) is 2.54. The molecule has 2 nitrogen and oxygen atoms in total. The summed E-state index contributed by atoms with van der Waals surface area (Å²) in [5.74, 6) is 0.190. The van der Waals surface area contributed by atoms with Crippen LogP contribution in [0.15, 0.2) is 59.2 Å². The van der Waals surface area contributed by atoms with Gasteiger partial charge in [-0.2, -0.15) is 0 Å². The predicted molar refractivity (Wildman–Crippen MR) is 99.0 cm³/mol. The van der Waals surface area contributed by atoms with Gasteiger partial charge in [0.1, 0.15) is 6.29 Å². The van der Waals surface area contributed by atoms with Crippen molar-refractivity contribution in [3.63, 3.8) is 0 Å². The van der Waals surface area contributed by atoms with Crippen LogP contribution in [0.1, 0.15) is 44.6 Å². The van der Waals surface area contributed by atoms with E-state index in [1.54, 1.807) is 0 Å². The maximum atomic E-state index is 11.4. The summed E-state index contributed by atoms with van der Waals surface area (Å²) in [7, 11) is 4.08. The van der Waals surface area contributed by atoms with Crippen molar-refractivity contribution in [2.75, 3.05) is 19.0 Å². The van der Waals surface area contributed by atoms with Crippen LogP contribution in [0.25, 0.3) is 0 Å². The van der Waals surface area contributed by atoms with Gasteiger partial charge in [0.25, 0.3) is 0 Å². The fourth-order valence-corrected chi connectivity index (χ4v) is 2.95. The second kappa shape index (κ2) is 7.96. The fraction of sp³-hybridized carbons (Fsp3) is 0.381. The van der Waals surface area contributed by atoms with Gasteiger partial charge in [-0.25, -0.2) is 0 Å². The van der Waals surface area contributed by atoms with E-state index >= 15 is 0 Å². The zero-order valence-corrected chi connectivity index (χ0v) is 14.7. The molecule has 0 saturated carbocycles. The van der Waals surface area contributed by atoms with Crippen molar-refractivity contribution in [1.29, 1.82) is 0 Å². The number of benzene rings is 1. The number of carbonyl (C=O) groups is 1. The van der Waals surface area contributed by atoms with Crippen LogP contribution >= 0.6 is 0 Å². The van der Waals surface area contributed by atoms with Crippen LogP contribution < -0.4 is 4.90 Å². The molecule has 1 aliphatic carbocycles. The first-order valence-corrected chi connectivity index (χ1v) is 8.26. The number of aldehydes is 1. The summed E-state index contributed by atoms with van der Waals surface area (Å²) in [6.07, 6.45) is 10.5. The summed E-state index contributed by atoms with van der Waals surface area (Å²) in [4.78, 5) is 13.5. The van der Waals surface area contributed by atoms with Crippen LogP contribution in [-0.2, 0) is 4.79 Å². The molecule has 0 aliphatic heterocycles. The highest BCUT2D eigenvalue weighted by Crippen LogP contribution is 2.35. The molecule has 0 N–H and O–H groups in total. The summed E-state index contributed by atoms with van der Waals surface area (Å²) in [5.41, 5.74) is 6.08. The molecule has 0 fully saturated rings. The Hall–Kier alpha value is -2.09. The Morgan fingerprint density at radius 1 is 1.17 bits per heavy atom. The molecule has 2 rings (SSSR count). The standard InChI is InChI=1S/C21H27NO/c1-16(2)6-5-7-17-8-9-19(15-23)21(14-17)18-10-12-20(13-11-18)22(3)4/h6,8-13,15,21H,5,7,14H2,1-4H3. The van der Waals surface area contributed by atoms with Crippen LogP contribution in [0.4, 0.5) is 5.69 Å². The highest BCUT2D eigenvalue weighted by atomic mass is 16.1. The maximum absolute atomic E-state index is 11.4. The molecule has 0 bridgehead atoms. The van der Waals surface area contributed by atoms with E-state index in [4.69, 9.17) is 0 Å². The molecular formula is C21H27NO. The lowest BCUT2D eigenvalue weighted by molar-refractivity contribution is -0.105. The van der Waals surface area contributed by atoms with E-state index in [1.165, 1.54) is 22.4 Å². The normalized spacial score (nSPS) is 17.1. The quantitative estimate of drug-likeness (QED) is 0.542. The number of rotatable bonds is 6. The highest BCUT2D eigenvalue weighted by Gasteiger charge is 2.20. The molecule has 0 aromatic heterocycles. The molecule has 0 heterocycles. The van der Waals surface area contributed by atoms with Gasteiger partial charge < -0.3 is 4.90 Å². The second-order valence-corrected chi connectivity index (χ2v) is 6.67. The van der Waals surface area contributed by atoms with Crippen molar-refractivity contribution >= 4 is 12.0 Å². The molecule has 2 heteroatoms. The minimum Gasteiger partial charge on any atom is -0.378 e. The lowest BCUT2D eigenvalue weighted by atomic mass is 9.81. The van der Waals surface area contributed by atoms with E-state index in [2.05, 4.69) is 55.2 Å². The SMILES string of the molecule is CC(C)=CCCC1=CC=C(C=O)C(c2ccc(N(C)C)cc2)C1. The molecule has 1 aromatic rings. The minimum atomic E-state index is 0.190. The van der Waals surface area contributed by atoms with E-state index < -0.39 is 0 Å². The Kier molecular flexibility index (Phi) is 5.97. The van der Waals surface area contributed by atoms with Gasteiger partial charge in [0.05, 0.1) is 0 Å². The van der Waals surface area contributed by atoms with Crippen molar-refractivity contribution in [3.05, 3.63) is 64.8 Å². The largest absolute Gasteiger partial charge is 0.378 e. The first-order valence-electron chi connectivity index (χ1n) is 8.26. The third-order valence-corrected chi connectivity index (χ3v) is 4.35. The first kappa shape index (κ1) is 17.3. The Morgan fingerprint density at radius 2 is 1.87 bits per heavy atom. The third-order valence-electron chi connectivity index (χ3n) is 4.35. The molecule has 23 heavy (non-hydrogen) atoms. The van der Waals surface area contributed by atoms with Crippen molar-refractivity contribution in [3.8, 4) is 0 Å². The van der Waals surface area contributed by atoms with Crippen LogP contribution in [-0.4, -0.2) is 20.4 Å². The van der Waals surface area contributed by atoms with Gasteiger partial charge in [-0.1, -0.05) is 41.5 Å². The van der Waals surface area contributed by atoms with Gasteiger partial charge in [-0.3, -0.25) is 4.79 Å². The molecule has 1 atom stereocenters. The van der Waals surface area contributed by atoms with E-state index in [-0.39, 0.29) is 5.92 Å². The monoisotopic (exact) mass is 309 g/mol. The van der Waals surface area contributed by atoms with Crippen LogP contribution in [0.2, 0.25) is 0 Å². The van der Waals surface area contributed by atoms with E-state index in [9.17, 15) is 4.79 Å². The molecule has 1 unspecified atom stereocenters. The first-order chi connectivity index (χ1) is 11.0. The van der Waals surface area contributed by atoms with Crippen molar-refractivity contribution in [2.45, 2.75) is 39.0 Å². The molecule has 0 spiro atoms. The lowest BCUT2D eigenvalue weighted by Gasteiger charge is -2.23. The molecule has 0 amide bonds. The molecular weight excluding hydrogens is 282 g/mol. The summed E-state index contributed by atoms with van der Waals surface area (Å²) in [5, 5.41) is 0. The Morgan fingerprint density at radius 3 is 2.43 bits per heavy atom. The Labute approximate surface area is 140 Å². The fourth-order valence-electron chi connectivity index (χ4n) is 2.95. The van der Waals surface area contributed by atoms with Crippen molar-refractivity contribution < 1.29 is 4.79 Å². The molecule has 122 valence electrons. The topological polar surface area (TPSA) is 20.3 Å². The summed E-state index contributed by atoms with van der Waals surface area (Å²) in [6.45, 7) is 4.27. The zero-order chi connectivity index (χ0) is 16.8. The average molecular weight is 309 g/mol. The van der Waals surface area contributed by atoms with Gasteiger partial charge in [-0.15, -0.1) is 0 Å². The maximum Gasteiger partial charge on any atom is 0.146 e. The number of carbonyl (C=O) groups excluding carboxylic acids is 1. The lowest BCUT2D eigenvalue weighted by Crippen LogP contribution is -2.11. The second-order valence-electron chi connectivity index (χ2n) is 6.67. The van der Waals surface area contributed by atoms with E-state index in [0.29, 0.717) is 0 Å². The number of allylic oxidation sites excluding steroid dienone is 6. The van der Waals surface area contributed by atoms with Gasteiger partial charge >= 0.3 is 0 Å². The highest BCUT2D eigenvalue weighted by molar-refractivity contribution is 5.77. The molecule has 1 aliphatic rings. The number of hydrogen-bond donors (Lipinski definition) is 0. The Balaban J connectivity index is 2.14. The summed E-state index contributed by atoms with van der Waals surface area (Å²) < 4.78 is 0. The third kappa shape index (κ3) is 4.69. The van der Waals surface area contributed by atoms with Crippen molar-refractivity contribution in [1.82, 2.24) is 0 Å². The van der Waals surface area contributed by atoms with E-state index in [1.807, 2.05) is 20.2 Å². The zero-order valence-electron chi connectivity index (χ0n) is 14.7. The summed E-state index contributed by atoms with van der Waals surface area (Å²) in [6, 6.07) is 8.55. The number of anilines is 1. The number of hydrogen-bond acceptors (Lipinski definition) is 2. The van der Waals surface area contributed by atoms with Gasteiger partial charge in [0.15, 0.2) is 0 Å². The number of nitrogens with zero attached hydrogens (tertiary/aromatic N) is 1. The smallest absolute Gasteiger partial charge is 0.146 e. The predicted octanol–water partition coefficient (Wildman–Crippen LogP) is 5.04. The molecule has 0 radical (unpaired) electrons. The van der Waals surface area contributed by atoms with Gasteiger partial charge in [0, 0.05) is 25.7 Å². The molecule has 0 saturated heterocycles. The van der Waals surface area contributed by atoms with Crippen LogP contribution in [0.3, 0.4) is 0 Å². The van der Waals surface area contributed by atoms with Crippen molar-refractivity contribution in [2.24, 2.45) is 0 Å². The van der Waals surface area contributed by atoms with Gasteiger partial charge in [-0.05, 0) is 56.4 Å². The van der Waals surface area contributed by atoms with E-state index in [0.717, 1.165) is 31.1 Å². The minimum absolute atomic E-state index is 0.190. The van der Waals surface area contributed by atoms with Gasteiger partial charge in [0.2, 0.25) is 0 Å². The molecule has 1 aromatic carbocycles. The van der Waals surface area contributed by atoms with Crippen LogP contribution in [0, 0.1) is 0 Å². The summed E-state index contributed by atoms with van der Waals surface area (Å²) >= 11 is 0. The van der Waals surface area contributed by atoms with Crippen LogP contribution in [0.5, 0.6) is 0 Å². The Bertz CT molecular complexity index is 628.